The lowest BCUT2D eigenvalue weighted by molar-refractivity contribution is -0.234. The summed E-state index contributed by atoms with van der Waals surface area (Å²) >= 11 is 3.64. The van der Waals surface area contributed by atoms with Crippen molar-refractivity contribution in [1.29, 1.82) is 0 Å². The van der Waals surface area contributed by atoms with Crippen molar-refractivity contribution in [2.24, 2.45) is 39.9 Å². The Hall–Kier alpha value is -0.730. The van der Waals surface area contributed by atoms with Gasteiger partial charge in [0.2, 0.25) is 0 Å². The minimum absolute atomic E-state index is 0.0513. The highest BCUT2D eigenvalue weighted by Gasteiger charge is 2.70. The number of rotatable bonds is 8. The second-order valence-electron chi connectivity index (χ2n) is 14.0. The molecule has 4 rings (SSSR count). The molecule has 0 aromatic heterocycles. The van der Waals surface area contributed by atoms with Crippen LogP contribution in [0.15, 0.2) is 21.2 Å². The molecule has 4 aliphatic rings. The van der Waals surface area contributed by atoms with Crippen molar-refractivity contribution in [2.75, 3.05) is 20.3 Å². The number of allylic oxidation sites excluding steroid dienone is 2. The highest BCUT2D eigenvalue weighted by molar-refractivity contribution is 9.11. The van der Waals surface area contributed by atoms with E-state index in [0.29, 0.717) is 44.0 Å². The number of methoxy groups -OCH3 is 1. The van der Waals surface area contributed by atoms with Crippen LogP contribution < -0.4 is 0 Å². The van der Waals surface area contributed by atoms with Gasteiger partial charge in [0.25, 0.3) is 0 Å². The molecule has 0 heterocycles. The zero-order chi connectivity index (χ0) is 28.9. The maximum Gasteiger partial charge on any atom is 0.331 e. The molecule has 0 bridgehead atoms. The summed E-state index contributed by atoms with van der Waals surface area (Å²) < 4.78 is 12.8. The second-order valence-corrected chi connectivity index (χ2v) is 14.9. The molecule has 7 heteroatoms. The first-order chi connectivity index (χ1) is 18.2. The molecule has 222 valence electrons. The molecule has 0 amide bonds. The number of aliphatic hydroxyl groups is 2. The number of carbonyl (C=O) groups is 1. The molecule has 0 saturated heterocycles. The normalized spacial score (nSPS) is 44.7. The van der Waals surface area contributed by atoms with E-state index in [-0.39, 0.29) is 46.2 Å². The predicted molar refractivity (Wildman–Crippen MR) is 156 cm³/mol. The van der Waals surface area contributed by atoms with Crippen LogP contribution in [0.3, 0.4) is 0 Å². The molecule has 4 fully saturated rings. The van der Waals surface area contributed by atoms with E-state index in [4.69, 9.17) is 9.47 Å². The highest BCUT2D eigenvalue weighted by Crippen LogP contribution is 2.74. The summed E-state index contributed by atoms with van der Waals surface area (Å²) in [4.78, 5) is 12.8. The SMILES string of the molecule is COCCO[C@H]1C[C@@]2(C)C(C[C@@H](O)[C@H]3[C@@]4(C)CC[C@@H](O)[C@@H](C)C4CC[C@@]32C)/C1=C(\CCC(Br)=C(C)C)C(=O)O. The van der Waals surface area contributed by atoms with Gasteiger partial charge in [0, 0.05) is 12.7 Å². The largest absolute Gasteiger partial charge is 0.478 e. The molecule has 6 nitrogen and oxygen atoms in total. The van der Waals surface area contributed by atoms with Crippen molar-refractivity contribution in [3.05, 3.63) is 21.2 Å². The van der Waals surface area contributed by atoms with Gasteiger partial charge in [-0.25, -0.2) is 4.79 Å². The lowest BCUT2D eigenvalue weighted by Crippen LogP contribution is -2.65. The number of carboxylic acids is 1. The third kappa shape index (κ3) is 5.11. The van der Waals surface area contributed by atoms with Gasteiger partial charge in [0.05, 0.1) is 31.5 Å². The lowest BCUT2D eigenvalue weighted by atomic mass is 9.36. The minimum Gasteiger partial charge on any atom is -0.478 e. The third-order valence-corrected chi connectivity index (χ3v) is 13.2. The fraction of sp³-hybridized carbons (Fsp3) is 0.844. The van der Waals surface area contributed by atoms with Gasteiger partial charge in [0.15, 0.2) is 0 Å². The Morgan fingerprint density at radius 1 is 1.03 bits per heavy atom. The summed E-state index contributed by atoms with van der Waals surface area (Å²) in [5.41, 5.74) is 2.07. The molecular weight excluding hydrogens is 560 g/mol. The molecule has 4 saturated carbocycles. The Bertz CT molecular complexity index is 1000. The Kier molecular flexibility index (Phi) is 9.21. The monoisotopic (exact) mass is 610 g/mol. The molecule has 0 aromatic rings. The summed E-state index contributed by atoms with van der Waals surface area (Å²) in [7, 11) is 1.65. The molecule has 2 unspecified atom stereocenters. The molecular formula is C32H51BrO6. The van der Waals surface area contributed by atoms with Crippen LogP contribution in [-0.4, -0.2) is 59.9 Å². The van der Waals surface area contributed by atoms with E-state index in [9.17, 15) is 20.1 Å². The van der Waals surface area contributed by atoms with Crippen LogP contribution in [0.1, 0.15) is 92.9 Å². The Morgan fingerprint density at radius 2 is 1.72 bits per heavy atom. The van der Waals surface area contributed by atoms with Crippen molar-refractivity contribution in [1.82, 2.24) is 0 Å². The van der Waals surface area contributed by atoms with Crippen LogP contribution in [-0.2, 0) is 14.3 Å². The average molecular weight is 612 g/mol. The van der Waals surface area contributed by atoms with Crippen LogP contribution in [0.2, 0.25) is 0 Å². The first kappa shape index (κ1) is 31.2. The number of aliphatic carboxylic acids is 1. The third-order valence-electron chi connectivity index (χ3n) is 12.1. The number of fused-ring (bicyclic) bond motifs is 5. The fourth-order valence-corrected chi connectivity index (χ4v) is 10.1. The van der Waals surface area contributed by atoms with Gasteiger partial charge in [0.1, 0.15) is 0 Å². The molecule has 0 radical (unpaired) electrons. The topological polar surface area (TPSA) is 96.2 Å². The van der Waals surface area contributed by atoms with Gasteiger partial charge < -0.3 is 24.8 Å². The molecule has 39 heavy (non-hydrogen) atoms. The predicted octanol–water partition coefficient (Wildman–Crippen LogP) is 6.49. The van der Waals surface area contributed by atoms with E-state index >= 15 is 0 Å². The molecule has 0 aliphatic heterocycles. The van der Waals surface area contributed by atoms with E-state index in [1.54, 1.807) is 7.11 Å². The van der Waals surface area contributed by atoms with E-state index in [0.717, 1.165) is 47.7 Å². The van der Waals surface area contributed by atoms with E-state index in [2.05, 4.69) is 43.6 Å². The van der Waals surface area contributed by atoms with Gasteiger partial charge in [-0.05, 0) is 115 Å². The quantitative estimate of drug-likeness (QED) is 0.215. The van der Waals surface area contributed by atoms with Gasteiger partial charge >= 0.3 is 5.97 Å². The molecule has 10 atom stereocenters. The van der Waals surface area contributed by atoms with E-state index in [1.165, 1.54) is 0 Å². The minimum atomic E-state index is -0.879. The Balaban J connectivity index is 1.80. The summed E-state index contributed by atoms with van der Waals surface area (Å²) in [5.74, 6) is -0.217. The van der Waals surface area contributed by atoms with Gasteiger partial charge in [-0.1, -0.05) is 49.2 Å². The molecule has 0 spiro atoms. The molecule has 0 aromatic carbocycles. The number of carboxylic acid groups (broad SMARTS) is 1. The van der Waals surface area contributed by atoms with Crippen molar-refractivity contribution >= 4 is 21.9 Å². The number of ether oxygens (including phenoxy) is 2. The van der Waals surface area contributed by atoms with E-state index < -0.39 is 12.1 Å². The van der Waals surface area contributed by atoms with Gasteiger partial charge in [-0.15, -0.1) is 0 Å². The summed E-state index contributed by atoms with van der Waals surface area (Å²) in [6.45, 7) is 14.2. The van der Waals surface area contributed by atoms with Crippen molar-refractivity contribution in [2.45, 2.75) is 111 Å². The van der Waals surface area contributed by atoms with E-state index in [1.807, 2.05) is 13.8 Å². The number of hydrogen-bond donors (Lipinski definition) is 3. The van der Waals surface area contributed by atoms with Crippen LogP contribution in [0.25, 0.3) is 0 Å². The zero-order valence-corrected chi connectivity index (χ0v) is 26.6. The average Bonchev–Trinajstić information content (AvgIpc) is 3.14. The second kappa shape index (κ2) is 11.5. The van der Waals surface area contributed by atoms with Crippen molar-refractivity contribution < 1.29 is 29.6 Å². The summed E-state index contributed by atoms with van der Waals surface area (Å²) in [6, 6.07) is 0. The Labute approximate surface area is 243 Å². The zero-order valence-electron chi connectivity index (χ0n) is 25.1. The van der Waals surface area contributed by atoms with Crippen LogP contribution in [0, 0.1) is 39.9 Å². The fourth-order valence-electron chi connectivity index (χ4n) is 9.89. The van der Waals surface area contributed by atoms with Crippen LogP contribution >= 0.6 is 15.9 Å². The first-order valence-corrected chi connectivity index (χ1v) is 15.8. The maximum atomic E-state index is 12.8. The maximum absolute atomic E-state index is 12.8. The summed E-state index contributed by atoms with van der Waals surface area (Å²) in [6.07, 6.45) is 5.01. The van der Waals surface area contributed by atoms with Crippen molar-refractivity contribution in [3.8, 4) is 0 Å². The van der Waals surface area contributed by atoms with Gasteiger partial charge in [-0.3, -0.25) is 0 Å². The Morgan fingerprint density at radius 3 is 2.33 bits per heavy atom. The molecule has 4 aliphatic carbocycles. The lowest BCUT2D eigenvalue weighted by Gasteiger charge is -2.69. The smallest absolute Gasteiger partial charge is 0.331 e. The highest BCUT2D eigenvalue weighted by atomic mass is 79.9. The number of hydrogen-bond acceptors (Lipinski definition) is 5. The van der Waals surface area contributed by atoms with Gasteiger partial charge in [-0.2, -0.15) is 0 Å². The standard InChI is InChI=1S/C32H51BrO6/c1-18(2)23(33)9-8-20(29(36)37)27-22-16-25(35)28-30(4)12-11-24(34)19(3)21(30)10-13-31(28,5)32(22,6)17-26(27)39-15-14-38-7/h19,21-22,24-26,28,34-35H,8-17H2,1-7H3,(H,36,37)/b27-20-/t19-,21?,22?,24+,25+,26-,28-,30-,31-,32-/m0/s1. The number of halogens is 1. The first-order valence-electron chi connectivity index (χ1n) is 15.0. The summed E-state index contributed by atoms with van der Waals surface area (Å²) in [5, 5.41) is 33.2. The van der Waals surface area contributed by atoms with Crippen LogP contribution in [0.4, 0.5) is 0 Å². The molecule has 3 N–H and O–H groups in total. The number of aliphatic hydroxyl groups excluding tert-OH is 2. The van der Waals surface area contributed by atoms with Crippen LogP contribution in [0.5, 0.6) is 0 Å². The van der Waals surface area contributed by atoms with Crippen molar-refractivity contribution in [3.63, 3.8) is 0 Å².